The molecule has 2 aliphatic heterocycles. The Kier molecular flexibility index (Phi) is 6.83. The third-order valence-electron chi connectivity index (χ3n) is 5.31. The first-order valence-corrected chi connectivity index (χ1v) is 9.02. The van der Waals surface area contributed by atoms with Crippen molar-refractivity contribution in [1.29, 1.82) is 0 Å². The molecule has 0 saturated carbocycles. The first kappa shape index (κ1) is 20.5. The fourth-order valence-corrected chi connectivity index (χ4v) is 3.63. The van der Waals surface area contributed by atoms with Crippen LogP contribution in [0.1, 0.15) is 37.0 Å². The van der Waals surface area contributed by atoms with Gasteiger partial charge < -0.3 is 15.1 Å². The first-order chi connectivity index (χ1) is 12.0. The van der Waals surface area contributed by atoms with E-state index in [4.69, 9.17) is 0 Å². The topological polar surface area (TPSA) is 78.7 Å². The monoisotopic (exact) mass is 382 g/mol. The van der Waals surface area contributed by atoms with Crippen molar-refractivity contribution in [2.45, 2.75) is 32.7 Å². The van der Waals surface area contributed by atoms with Crippen molar-refractivity contribution in [3.05, 3.63) is 33.9 Å². The number of hydrogen-bond donors (Lipinski definition) is 1. The third-order valence-corrected chi connectivity index (χ3v) is 5.31. The van der Waals surface area contributed by atoms with Crippen LogP contribution in [0.15, 0.2) is 18.2 Å². The van der Waals surface area contributed by atoms with Crippen LogP contribution in [0.5, 0.6) is 0 Å². The molecule has 0 bridgehead atoms. The fourth-order valence-electron chi connectivity index (χ4n) is 3.63. The average molecular weight is 383 g/mol. The van der Waals surface area contributed by atoms with E-state index < -0.39 is 0 Å². The first-order valence-electron chi connectivity index (χ1n) is 9.02. The van der Waals surface area contributed by atoms with Crippen molar-refractivity contribution in [3.63, 3.8) is 0 Å². The number of benzene rings is 1. The van der Waals surface area contributed by atoms with Crippen LogP contribution in [0.25, 0.3) is 0 Å². The zero-order chi connectivity index (χ0) is 18.0. The molecule has 1 amide bonds. The molecule has 0 unspecified atom stereocenters. The molecule has 7 nitrogen and oxygen atoms in total. The van der Waals surface area contributed by atoms with Gasteiger partial charge in [-0.2, -0.15) is 0 Å². The molecule has 3 rings (SSSR count). The second kappa shape index (κ2) is 8.68. The number of hydrogen-bond acceptors (Lipinski definition) is 5. The zero-order valence-corrected chi connectivity index (χ0v) is 16.1. The summed E-state index contributed by atoms with van der Waals surface area (Å²) in [6.07, 6.45) is 2.08. The summed E-state index contributed by atoms with van der Waals surface area (Å²) < 4.78 is 0. The van der Waals surface area contributed by atoms with Gasteiger partial charge >= 0.3 is 0 Å². The number of nitro benzene ring substituents is 1. The predicted molar refractivity (Wildman–Crippen MR) is 104 cm³/mol. The quantitative estimate of drug-likeness (QED) is 0.642. The number of piperazine rings is 1. The van der Waals surface area contributed by atoms with Crippen LogP contribution in [0.3, 0.4) is 0 Å². The summed E-state index contributed by atoms with van der Waals surface area (Å²) in [4.78, 5) is 27.9. The number of halogens is 1. The van der Waals surface area contributed by atoms with E-state index in [1.165, 1.54) is 6.07 Å². The molecule has 0 aliphatic carbocycles. The van der Waals surface area contributed by atoms with E-state index in [1.807, 2.05) is 6.92 Å². The number of piperidine rings is 1. The number of carbonyl (C=O) groups is 1. The van der Waals surface area contributed by atoms with Gasteiger partial charge in [0.25, 0.3) is 11.6 Å². The minimum absolute atomic E-state index is 0. The SMILES string of the molecule is CC1CCN(c2ccc(C(=O)N3CCNC[C@@H]3C)cc2[N+](=O)[O-])CC1.Cl. The molecule has 1 atom stereocenters. The highest BCUT2D eigenvalue weighted by atomic mass is 35.5. The van der Waals surface area contributed by atoms with Gasteiger partial charge in [-0.05, 0) is 37.8 Å². The molecule has 1 aromatic rings. The molecule has 8 heteroatoms. The Morgan fingerprint density at radius 2 is 1.92 bits per heavy atom. The number of nitrogens with zero attached hydrogens (tertiary/aromatic N) is 3. The predicted octanol–water partition coefficient (Wildman–Crippen LogP) is 2.69. The zero-order valence-electron chi connectivity index (χ0n) is 15.3. The van der Waals surface area contributed by atoms with Crippen molar-refractivity contribution in [2.24, 2.45) is 5.92 Å². The molecule has 2 heterocycles. The van der Waals surface area contributed by atoms with Gasteiger partial charge in [0.15, 0.2) is 0 Å². The third kappa shape index (κ3) is 4.27. The molecule has 2 saturated heterocycles. The maximum atomic E-state index is 12.8. The van der Waals surface area contributed by atoms with Crippen LogP contribution in [-0.2, 0) is 0 Å². The Bertz CT molecular complexity index is 662. The Morgan fingerprint density at radius 1 is 1.23 bits per heavy atom. The van der Waals surface area contributed by atoms with Gasteiger partial charge in [-0.25, -0.2) is 0 Å². The molecule has 0 radical (unpaired) electrons. The minimum atomic E-state index is -0.370. The van der Waals surface area contributed by atoms with Crippen LogP contribution in [0.2, 0.25) is 0 Å². The number of rotatable bonds is 3. The second-order valence-electron chi connectivity index (χ2n) is 7.18. The molecule has 2 fully saturated rings. The van der Waals surface area contributed by atoms with Crippen molar-refractivity contribution < 1.29 is 9.72 Å². The molecule has 0 spiro atoms. The van der Waals surface area contributed by atoms with E-state index in [1.54, 1.807) is 17.0 Å². The maximum absolute atomic E-state index is 12.8. The van der Waals surface area contributed by atoms with Crippen LogP contribution in [0.4, 0.5) is 11.4 Å². The van der Waals surface area contributed by atoms with Gasteiger partial charge in [0.1, 0.15) is 5.69 Å². The Labute approximate surface area is 160 Å². The van der Waals surface area contributed by atoms with E-state index >= 15 is 0 Å². The number of nitrogens with one attached hydrogen (secondary N) is 1. The minimum Gasteiger partial charge on any atom is -0.366 e. The fraction of sp³-hybridized carbons (Fsp3) is 0.611. The lowest BCUT2D eigenvalue weighted by atomic mass is 9.98. The normalized spacial score (nSPS) is 21.2. The largest absolute Gasteiger partial charge is 0.366 e. The highest BCUT2D eigenvalue weighted by Crippen LogP contribution is 2.32. The lowest BCUT2D eigenvalue weighted by Gasteiger charge is -2.34. The lowest BCUT2D eigenvalue weighted by molar-refractivity contribution is -0.384. The van der Waals surface area contributed by atoms with E-state index in [2.05, 4.69) is 17.1 Å². The van der Waals surface area contributed by atoms with Crippen molar-refractivity contribution in [2.75, 3.05) is 37.6 Å². The molecule has 1 aromatic carbocycles. The standard InChI is InChI=1S/C18H26N4O3.ClH/c1-13-5-8-20(9-6-13)16-4-3-15(11-17(16)22(24)25)18(23)21-10-7-19-12-14(21)2;/h3-4,11,13-14,19H,5-10,12H2,1-2H3;1H/t14-;/m0./s1. The van der Waals surface area contributed by atoms with Gasteiger partial charge in [0, 0.05) is 50.4 Å². The maximum Gasteiger partial charge on any atom is 0.293 e. The smallest absolute Gasteiger partial charge is 0.293 e. The number of amides is 1. The van der Waals surface area contributed by atoms with Gasteiger partial charge in [-0.3, -0.25) is 14.9 Å². The number of nitro groups is 1. The van der Waals surface area contributed by atoms with E-state index in [-0.39, 0.29) is 35.0 Å². The molecule has 144 valence electrons. The summed E-state index contributed by atoms with van der Waals surface area (Å²) in [6.45, 7) is 7.97. The van der Waals surface area contributed by atoms with Crippen LogP contribution in [-0.4, -0.2) is 54.5 Å². The van der Waals surface area contributed by atoms with Gasteiger partial charge in [0.2, 0.25) is 0 Å². The van der Waals surface area contributed by atoms with Crippen LogP contribution < -0.4 is 10.2 Å². The van der Waals surface area contributed by atoms with E-state index in [9.17, 15) is 14.9 Å². The summed E-state index contributed by atoms with van der Waals surface area (Å²) in [5, 5.41) is 14.8. The highest BCUT2D eigenvalue weighted by molar-refractivity contribution is 5.96. The van der Waals surface area contributed by atoms with Crippen LogP contribution in [0, 0.1) is 16.0 Å². The van der Waals surface area contributed by atoms with E-state index in [0.29, 0.717) is 23.7 Å². The number of carbonyl (C=O) groups excluding carboxylic acids is 1. The molecular weight excluding hydrogens is 356 g/mol. The van der Waals surface area contributed by atoms with E-state index in [0.717, 1.165) is 39.0 Å². The number of anilines is 1. The summed E-state index contributed by atoms with van der Waals surface area (Å²) >= 11 is 0. The molecule has 1 N–H and O–H groups in total. The van der Waals surface area contributed by atoms with Crippen LogP contribution >= 0.6 is 12.4 Å². The summed E-state index contributed by atoms with van der Waals surface area (Å²) in [6, 6.07) is 5.01. The Morgan fingerprint density at radius 3 is 2.54 bits per heavy atom. The molecule has 2 aliphatic rings. The molecule has 0 aromatic heterocycles. The van der Waals surface area contributed by atoms with Gasteiger partial charge in [-0.1, -0.05) is 6.92 Å². The Hall–Kier alpha value is -1.86. The average Bonchev–Trinajstić information content (AvgIpc) is 2.62. The van der Waals surface area contributed by atoms with Gasteiger partial charge in [-0.15, -0.1) is 12.4 Å². The lowest BCUT2D eigenvalue weighted by Crippen LogP contribution is -2.52. The van der Waals surface area contributed by atoms with Crippen molar-refractivity contribution >= 4 is 29.7 Å². The van der Waals surface area contributed by atoms with Crippen molar-refractivity contribution in [3.8, 4) is 0 Å². The second-order valence-corrected chi connectivity index (χ2v) is 7.18. The summed E-state index contributed by atoms with van der Waals surface area (Å²) in [5.41, 5.74) is 1.06. The molecular formula is C18H27ClN4O3. The summed E-state index contributed by atoms with van der Waals surface area (Å²) in [5.74, 6) is 0.529. The van der Waals surface area contributed by atoms with Crippen molar-refractivity contribution in [1.82, 2.24) is 10.2 Å². The highest BCUT2D eigenvalue weighted by Gasteiger charge is 2.28. The molecule has 26 heavy (non-hydrogen) atoms. The van der Waals surface area contributed by atoms with Gasteiger partial charge in [0.05, 0.1) is 4.92 Å². The Balaban J connectivity index is 0.00000243. The summed E-state index contributed by atoms with van der Waals surface area (Å²) in [7, 11) is 0.